The summed E-state index contributed by atoms with van der Waals surface area (Å²) in [7, 11) is 0. The second-order valence-corrected chi connectivity index (χ2v) is 7.98. The molecule has 3 unspecified atom stereocenters. The highest BCUT2D eigenvalue weighted by Crippen LogP contribution is 2.40. The standard InChI is InChI=1S/C19H17F3N4O4/c20-13-11-12(19(30)26(18(11)29)9-3-4-10(27)24-17(9)28)14(21)16(15(13)22)25-6-7-1-2-8(25)5-23-7/h7-9,23H,1-6H2,(H,24,27,28). The van der Waals surface area contributed by atoms with Gasteiger partial charge in [-0.2, -0.15) is 0 Å². The van der Waals surface area contributed by atoms with E-state index in [1.54, 1.807) is 0 Å². The predicted octanol–water partition coefficient (Wildman–Crippen LogP) is 0.446. The van der Waals surface area contributed by atoms with Gasteiger partial charge in [0, 0.05) is 31.6 Å². The van der Waals surface area contributed by atoms with Gasteiger partial charge in [-0.1, -0.05) is 0 Å². The van der Waals surface area contributed by atoms with Crippen LogP contribution in [-0.2, 0) is 9.59 Å². The molecule has 2 bridgehead atoms. The Balaban J connectivity index is 1.59. The smallest absolute Gasteiger partial charge is 0.265 e. The fourth-order valence-corrected chi connectivity index (χ4v) is 4.83. The number of halogens is 3. The Morgan fingerprint density at radius 3 is 2.13 bits per heavy atom. The molecule has 2 N–H and O–H groups in total. The Hall–Kier alpha value is -2.95. The van der Waals surface area contributed by atoms with Crippen molar-refractivity contribution in [3.8, 4) is 0 Å². The molecule has 0 aliphatic carbocycles. The summed E-state index contributed by atoms with van der Waals surface area (Å²) >= 11 is 0. The lowest BCUT2D eigenvalue weighted by atomic mass is 9.91. The molecule has 4 saturated heterocycles. The molecule has 8 nitrogen and oxygen atoms in total. The highest BCUT2D eigenvalue weighted by atomic mass is 19.2. The largest absolute Gasteiger partial charge is 0.361 e. The molecule has 5 aliphatic rings. The summed E-state index contributed by atoms with van der Waals surface area (Å²) in [5.74, 6) is -8.41. The van der Waals surface area contributed by atoms with Gasteiger partial charge in [-0.25, -0.2) is 13.2 Å². The molecule has 4 amide bonds. The van der Waals surface area contributed by atoms with Crippen LogP contribution >= 0.6 is 0 Å². The SMILES string of the molecule is O=C1CCC(N2C(=O)c3c(F)c(F)c(N4CC5CCC4CN5)c(F)c3C2=O)C(=O)N1. The summed E-state index contributed by atoms with van der Waals surface area (Å²) in [6, 6.07) is -1.67. The van der Waals surface area contributed by atoms with Crippen molar-refractivity contribution in [1.29, 1.82) is 0 Å². The first-order valence-electron chi connectivity index (χ1n) is 9.71. The molecular weight excluding hydrogens is 405 g/mol. The summed E-state index contributed by atoms with van der Waals surface area (Å²) < 4.78 is 45.3. The van der Waals surface area contributed by atoms with Crippen molar-refractivity contribution in [3.05, 3.63) is 28.6 Å². The molecule has 11 heteroatoms. The number of imide groups is 2. The van der Waals surface area contributed by atoms with Crippen molar-refractivity contribution in [2.75, 3.05) is 18.0 Å². The molecule has 0 radical (unpaired) electrons. The van der Waals surface area contributed by atoms with Crippen molar-refractivity contribution in [2.45, 2.75) is 43.8 Å². The molecule has 0 saturated carbocycles. The minimum absolute atomic E-state index is 0.0116. The van der Waals surface area contributed by atoms with Crippen molar-refractivity contribution in [2.24, 2.45) is 0 Å². The number of anilines is 1. The Kier molecular flexibility index (Phi) is 4.14. The minimum atomic E-state index is -1.61. The van der Waals surface area contributed by atoms with Gasteiger partial charge in [0.2, 0.25) is 11.8 Å². The first kappa shape index (κ1) is 19.0. The summed E-state index contributed by atoms with van der Waals surface area (Å²) in [5.41, 5.74) is -2.54. The summed E-state index contributed by atoms with van der Waals surface area (Å²) in [5, 5.41) is 5.21. The van der Waals surface area contributed by atoms with E-state index in [0.29, 0.717) is 17.9 Å². The molecule has 30 heavy (non-hydrogen) atoms. The number of benzene rings is 1. The number of nitrogens with zero attached hydrogens (tertiary/aromatic N) is 2. The topological polar surface area (TPSA) is 98.8 Å². The predicted molar refractivity (Wildman–Crippen MR) is 95.1 cm³/mol. The summed E-state index contributed by atoms with van der Waals surface area (Å²) in [6.07, 6.45) is 1.16. The third-order valence-corrected chi connectivity index (χ3v) is 6.32. The Morgan fingerprint density at radius 1 is 0.867 bits per heavy atom. The van der Waals surface area contributed by atoms with Crippen molar-refractivity contribution >= 4 is 29.3 Å². The average Bonchev–Trinajstić information content (AvgIpc) is 2.98. The molecule has 4 fully saturated rings. The third-order valence-electron chi connectivity index (χ3n) is 6.32. The molecule has 0 aromatic heterocycles. The number of rotatable bonds is 2. The van der Waals surface area contributed by atoms with Crippen LogP contribution in [0.3, 0.4) is 0 Å². The number of hydrogen-bond acceptors (Lipinski definition) is 6. The van der Waals surface area contributed by atoms with E-state index in [0.717, 1.165) is 6.42 Å². The zero-order valence-electron chi connectivity index (χ0n) is 15.6. The van der Waals surface area contributed by atoms with Crippen LogP contribution in [0.1, 0.15) is 46.4 Å². The number of carbonyl (C=O) groups is 4. The number of piperidine rings is 3. The lowest BCUT2D eigenvalue weighted by molar-refractivity contribution is -0.136. The molecular formula is C19H17F3N4O4. The fraction of sp³-hybridized carbons (Fsp3) is 0.474. The summed E-state index contributed by atoms with van der Waals surface area (Å²) in [6.45, 7) is 0.716. The molecule has 1 aromatic rings. The molecule has 0 spiro atoms. The Labute approximate surface area is 168 Å². The number of amides is 4. The van der Waals surface area contributed by atoms with Gasteiger partial charge in [0.25, 0.3) is 11.8 Å². The van der Waals surface area contributed by atoms with Gasteiger partial charge >= 0.3 is 0 Å². The van der Waals surface area contributed by atoms with Gasteiger partial charge in [-0.05, 0) is 19.3 Å². The maximum absolute atomic E-state index is 15.4. The monoisotopic (exact) mass is 422 g/mol. The van der Waals surface area contributed by atoms with E-state index < -0.39 is 63.9 Å². The van der Waals surface area contributed by atoms with Gasteiger partial charge < -0.3 is 10.2 Å². The van der Waals surface area contributed by atoms with Crippen LogP contribution in [0.4, 0.5) is 18.9 Å². The molecule has 5 heterocycles. The van der Waals surface area contributed by atoms with E-state index in [2.05, 4.69) is 5.32 Å². The van der Waals surface area contributed by atoms with Crippen LogP contribution in [0.5, 0.6) is 0 Å². The number of nitrogens with one attached hydrogen (secondary N) is 2. The van der Waals surface area contributed by atoms with Crippen LogP contribution < -0.4 is 15.5 Å². The van der Waals surface area contributed by atoms with E-state index in [1.165, 1.54) is 4.90 Å². The van der Waals surface area contributed by atoms with Gasteiger partial charge in [-0.3, -0.25) is 29.4 Å². The first-order chi connectivity index (χ1) is 14.3. The zero-order valence-corrected chi connectivity index (χ0v) is 15.6. The van der Waals surface area contributed by atoms with Crippen LogP contribution in [0.2, 0.25) is 0 Å². The highest BCUT2D eigenvalue weighted by molar-refractivity contribution is 6.24. The van der Waals surface area contributed by atoms with Crippen LogP contribution in [-0.4, -0.2) is 59.7 Å². The van der Waals surface area contributed by atoms with Crippen molar-refractivity contribution < 1.29 is 32.3 Å². The molecule has 5 aliphatic heterocycles. The van der Waals surface area contributed by atoms with Gasteiger partial charge in [0.05, 0.1) is 11.1 Å². The average molecular weight is 422 g/mol. The van der Waals surface area contributed by atoms with Gasteiger partial charge in [0.15, 0.2) is 17.5 Å². The van der Waals surface area contributed by atoms with Crippen molar-refractivity contribution in [1.82, 2.24) is 15.5 Å². The Morgan fingerprint density at radius 2 is 1.57 bits per heavy atom. The summed E-state index contributed by atoms with van der Waals surface area (Å²) in [4.78, 5) is 50.9. The third kappa shape index (κ3) is 2.51. The van der Waals surface area contributed by atoms with Crippen molar-refractivity contribution in [3.63, 3.8) is 0 Å². The van der Waals surface area contributed by atoms with Gasteiger partial charge in [-0.15, -0.1) is 0 Å². The molecule has 1 aromatic carbocycles. The second-order valence-electron chi connectivity index (χ2n) is 7.98. The van der Waals surface area contributed by atoms with Crippen LogP contribution in [0.25, 0.3) is 0 Å². The maximum atomic E-state index is 15.4. The lowest BCUT2D eigenvalue weighted by Crippen LogP contribution is -2.61. The first-order valence-corrected chi connectivity index (χ1v) is 9.71. The second kappa shape index (κ2) is 6.53. The molecule has 158 valence electrons. The number of fused-ring (bicyclic) bond motifs is 4. The van der Waals surface area contributed by atoms with Gasteiger partial charge in [0.1, 0.15) is 11.7 Å². The normalized spacial score (nSPS) is 28.3. The molecule has 3 atom stereocenters. The van der Waals surface area contributed by atoms with Crippen LogP contribution in [0.15, 0.2) is 0 Å². The zero-order chi connectivity index (χ0) is 21.3. The maximum Gasteiger partial charge on any atom is 0.265 e. The number of piperazine rings is 1. The molecule has 6 rings (SSSR count). The van der Waals surface area contributed by atoms with E-state index in [4.69, 9.17) is 0 Å². The highest BCUT2D eigenvalue weighted by Gasteiger charge is 2.50. The number of carbonyl (C=O) groups excluding carboxylic acids is 4. The quantitative estimate of drug-likeness (QED) is 0.531. The van der Waals surface area contributed by atoms with E-state index in [-0.39, 0.29) is 31.5 Å². The van der Waals surface area contributed by atoms with E-state index in [1.807, 2.05) is 5.32 Å². The van der Waals surface area contributed by atoms with E-state index >= 15 is 4.39 Å². The minimum Gasteiger partial charge on any atom is -0.361 e. The Bertz CT molecular complexity index is 1020. The fourth-order valence-electron chi connectivity index (χ4n) is 4.83. The number of hydrogen-bond donors (Lipinski definition) is 2. The van der Waals surface area contributed by atoms with Crippen LogP contribution in [0, 0.1) is 17.5 Å². The van der Waals surface area contributed by atoms with E-state index in [9.17, 15) is 28.0 Å². The lowest BCUT2D eigenvalue weighted by Gasteiger charge is -2.47.